The Morgan fingerprint density at radius 1 is 0.535 bits per heavy atom. The summed E-state index contributed by atoms with van der Waals surface area (Å²) in [6.07, 6.45) is 10.4. The molecule has 0 N–H and O–H groups in total. The molecule has 0 amide bonds. The van der Waals surface area contributed by atoms with Crippen molar-refractivity contribution < 1.29 is 0 Å². The third-order valence-corrected chi connectivity index (χ3v) is 14.4. The van der Waals surface area contributed by atoms with Crippen LogP contribution >= 0.6 is 0 Å². The van der Waals surface area contributed by atoms with Crippen molar-refractivity contribution in [3.8, 4) is 22.3 Å². The van der Waals surface area contributed by atoms with Crippen molar-refractivity contribution in [3.05, 3.63) is 310 Å². The zero-order chi connectivity index (χ0) is 49.0. The van der Waals surface area contributed by atoms with E-state index in [0.717, 1.165) is 6.42 Å². The largest absolute Gasteiger partial charge is 0.120 e. The zero-order valence-corrected chi connectivity index (χ0v) is 42.0. The number of hydrogen-bond donors (Lipinski definition) is 0. The molecule has 0 atom stereocenters. The summed E-state index contributed by atoms with van der Waals surface area (Å²) in [7, 11) is 0. The molecule has 8 aromatic carbocycles. The normalized spacial score (nSPS) is 14.5. The SMILES string of the molecule is C.C=C(C)C.C=CC1=C(/C=C(\C)c2c(C)ccc3ccccc23)C2(C3=C(C=C=C3)C13c1ccccc1-c1ccccc13)c1ccccc1-c1ccccc12.CC(C)c1ccccc1.CCc1ccccc1. The van der Waals surface area contributed by atoms with E-state index in [1.807, 2.05) is 26.0 Å². The van der Waals surface area contributed by atoms with E-state index < -0.39 is 10.8 Å². The van der Waals surface area contributed by atoms with Crippen LogP contribution in [0.2, 0.25) is 0 Å². The van der Waals surface area contributed by atoms with Gasteiger partial charge in [-0.15, -0.1) is 12.3 Å². The molecule has 0 heteroatoms. The van der Waals surface area contributed by atoms with Gasteiger partial charge in [-0.1, -0.05) is 247 Å². The Morgan fingerprint density at radius 2 is 0.944 bits per heavy atom. The molecule has 4 aliphatic carbocycles. The highest BCUT2D eigenvalue weighted by Crippen LogP contribution is 2.68. The molecule has 2 spiro atoms. The quantitative estimate of drug-likeness (QED) is 0.119. The zero-order valence-electron chi connectivity index (χ0n) is 42.0. The first kappa shape index (κ1) is 49.7. The third kappa shape index (κ3) is 8.58. The molecule has 0 aromatic heterocycles. The van der Waals surface area contributed by atoms with Crippen LogP contribution < -0.4 is 0 Å². The topological polar surface area (TPSA) is 0 Å². The molecule has 352 valence electrons. The van der Waals surface area contributed by atoms with Crippen molar-refractivity contribution >= 4 is 16.3 Å². The lowest BCUT2D eigenvalue weighted by Gasteiger charge is -2.48. The number of hydrogen-bond acceptors (Lipinski definition) is 0. The van der Waals surface area contributed by atoms with Gasteiger partial charge in [0, 0.05) is 0 Å². The van der Waals surface area contributed by atoms with Crippen LogP contribution in [0.25, 0.3) is 38.6 Å². The van der Waals surface area contributed by atoms with E-state index in [0.29, 0.717) is 5.92 Å². The minimum absolute atomic E-state index is 0. The van der Waals surface area contributed by atoms with Gasteiger partial charge >= 0.3 is 0 Å². The van der Waals surface area contributed by atoms with Gasteiger partial charge in [-0.05, 0) is 158 Å². The summed E-state index contributed by atoms with van der Waals surface area (Å²) in [6.45, 7) is 23.3. The molecule has 0 fully saturated rings. The predicted octanol–water partition coefficient (Wildman–Crippen LogP) is 19.3. The highest BCUT2D eigenvalue weighted by molar-refractivity contribution is 5.98. The van der Waals surface area contributed by atoms with Crippen molar-refractivity contribution in [1.82, 2.24) is 0 Å². The summed E-state index contributed by atoms with van der Waals surface area (Å²) in [4.78, 5) is 0. The Labute approximate surface area is 425 Å². The maximum atomic E-state index is 4.67. The monoisotopic (exact) mass is 921 g/mol. The Balaban J connectivity index is 0.000000256. The highest BCUT2D eigenvalue weighted by atomic mass is 14.6. The molecule has 71 heavy (non-hydrogen) atoms. The molecule has 0 aliphatic heterocycles. The standard InChI is InChI=1S/C49H34.C9H12.C8H10.C4H8.CH4/c1-4-39-46(30-32(3)47-31(2)28-29-33-16-5-6-17-34(33)47)49(42-24-13-9-20-37(42)38-21-10-14-25-43(38)49)45-27-15-26-44(45)48(39)40-22-11-7-18-35(40)36-19-8-12-23-41(36)48;1-8(2)9-6-4-3-5-7-9;1-2-8-6-4-3-5-7-8;1-4(2)3;/h4-14,16-30H,1H2,2-3H3;3-8H,1-2H3;3-7H,2H2,1H3;1H2,2-3H3;1H4/b32-30+;;;;. The van der Waals surface area contributed by atoms with E-state index in [1.54, 1.807) is 0 Å². The lowest BCUT2D eigenvalue weighted by molar-refractivity contribution is 0.643. The Bertz CT molecular complexity index is 3330. The molecule has 0 nitrogen and oxygen atoms in total. The Kier molecular flexibility index (Phi) is 14.7. The van der Waals surface area contributed by atoms with Crippen molar-refractivity contribution in [2.45, 2.75) is 79.1 Å². The van der Waals surface area contributed by atoms with Gasteiger partial charge in [-0.3, -0.25) is 0 Å². The molecule has 12 rings (SSSR count). The van der Waals surface area contributed by atoms with Crippen molar-refractivity contribution in [1.29, 1.82) is 0 Å². The minimum atomic E-state index is -0.552. The molecular formula is C71H68. The summed E-state index contributed by atoms with van der Waals surface area (Å²) in [5.41, 5.74) is 25.9. The molecule has 0 radical (unpaired) electrons. The molecule has 8 aromatic rings. The fraction of sp³-hybridized carbons (Fsp3) is 0.169. The fourth-order valence-electron chi connectivity index (χ4n) is 11.5. The van der Waals surface area contributed by atoms with Crippen LogP contribution in [-0.4, -0.2) is 0 Å². The van der Waals surface area contributed by atoms with E-state index in [9.17, 15) is 0 Å². The first-order chi connectivity index (χ1) is 34.1. The predicted molar refractivity (Wildman–Crippen MR) is 308 cm³/mol. The summed E-state index contributed by atoms with van der Waals surface area (Å²) in [6, 6.07) is 70.4. The van der Waals surface area contributed by atoms with E-state index in [1.165, 1.54) is 111 Å². The third-order valence-electron chi connectivity index (χ3n) is 14.4. The Hall–Kier alpha value is -7.76. The van der Waals surface area contributed by atoms with Crippen LogP contribution in [0.4, 0.5) is 0 Å². The molecule has 0 heterocycles. The molecule has 4 aliphatic rings. The van der Waals surface area contributed by atoms with Gasteiger partial charge in [0.15, 0.2) is 0 Å². The molecule has 0 saturated carbocycles. The van der Waals surface area contributed by atoms with Crippen LogP contribution in [0, 0.1) is 6.92 Å². The van der Waals surface area contributed by atoms with Gasteiger partial charge in [-0.25, -0.2) is 0 Å². The number of aryl methyl sites for hydroxylation is 2. The molecular weight excluding hydrogens is 853 g/mol. The number of benzene rings is 8. The molecule has 0 saturated heterocycles. The first-order valence-corrected chi connectivity index (χ1v) is 24.9. The number of allylic oxidation sites excluding steroid dienone is 9. The second-order valence-electron chi connectivity index (χ2n) is 19.4. The number of fused-ring (bicyclic) bond motifs is 13. The number of rotatable bonds is 5. The van der Waals surface area contributed by atoms with Crippen LogP contribution in [-0.2, 0) is 17.3 Å². The maximum absolute atomic E-state index is 4.67. The van der Waals surface area contributed by atoms with E-state index in [4.69, 9.17) is 0 Å². The van der Waals surface area contributed by atoms with E-state index in [2.05, 4.69) is 260 Å². The van der Waals surface area contributed by atoms with Crippen molar-refractivity contribution in [3.63, 3.8) is 0 Å². The molecule has 0 unspecified atom stereocenters. The van der Waals surface area contributed by atoms with Crippen LogP contribution in [0.15, 0.2) is 265 Å². The summed E-state index contributed by atoms with van der Waals surface area (Å²) >= 11 is 0. The first-order valence-electron chi connectivity index (χ1n) is 24.9. The molecule has 0 bridgehead atoms. The summed E-state index contributed by atoms with van der Waals surface area (Å²) in [5, 5.41) is 2.54. The average molecular weight is 921 g/mol. The minimum Gasteiger partial charge on any atom is -0.120 e. The van der Waals surface area contributed by atoms with Crippen LogP contribution in [0.1, 0.15) is 99.4 Å². The van der Waals surface area contributed by atoms with Crippen LogP contribution in [0.5, 0.6) is 0 Å². The second-order valence-corrected chi connectivity index (χ2v) is 19.4. The second kappa shape index (κ2) is 21.1. The Morgan fingerprint density at radius 3 is 1.37 bits per heavy atom. The highest BCUT2D eigenvalue weighted by Gasteiger charge is 2.59. The van der Waals surface area contributed by atoms with Gasteiger partial charge in [0.1, 0.15) is 0 Å². The van der Waals surface area contributed by atoms with Crippen molar-refractivity contribution in [2.75, 3.05) is 0 Å². The van der Waals surface area contributed by atoms with E-state index >= 15 is 0 Å². The van der Waals surface area contributed by atoms with Gasteiger partial charge in [0.2, 0.25) is 0 Å². The summed E-state index contributed by atoms with van der Waals surface area (Å²) < 4.78 is 0. The van der Waals surface area contributed by atoms with Gasteiger partial charge in [0.05, 0.1) is 10.8 Å². The van der Waals surface area contributed by atoms with Gasteiger partial charge in [0.25, 0.3) is 0 Å². The smallest absolute Gasteiger partial charge is 0.0726 e. The van der Waals surface area contributed by atoms with E-state index in [-0.39, 0.29) is 7.43 Å². The lowest BCUT2D eigenvalue weighted by atomic mass is 9.52. The van der Waals surface area contributed by atoms with Gasteiger partial charge in [-0.2, -0.15) is 0 Å². The van der Waals surface area contributed by atoms with Gasteiger partial charge < -0.3 is 0 Å². The van der Waals surface area contributed by atoms with Crippen LogP contribution in [0.3, 0.4) is 0 Å². The lowest BCUT2D eigenvalue weighted by Crippen LogP contribution is -2.42. The maximum Gasteiger partial charge on any atom is 0.0726 e. The summed E-state index contributed by atoms with van der Waals surface area (Å²) in [5.74, 6) is 0.659. The average Bonchev–Trinajstić information content (AvgIpc) is 4.08. The van der Waals surface area contributed by atoms with Crippen molar-refractivity contribution in [2.24, 2.45) is 0 Å². The fourth-order valence-corrected chi connectivity index (χ4v) is 11.5.